The van der Waals surface area contributed by atoms with Crippen molar-refractivity contribution in [2.24, 2.45) is 0 Å². The molecule has 0 saturated heterocycles. The summed E-state index contributed by atoms with van der Waals surface area (Å²) in [6, 6.07) is 7.58. The number of carboxylic acid groups (broad SMARTS) is 1. The fourth-order valence-corrected chi connectivity index (χ4v) is 1.60. The first-order valence-electron chi connectivity index (χ1n) is 5.01. The molecule has 0 spiro atoms. The Kier molecular flexibility index (Phi) is 2.97. The number of aromatic carboxylic acids is 1. The van der Waals surface area contributed by atoms with E-state index in [2.05, 4.69) is 0 Å². The molecule has 0 amide bonds. The number of phenols is 1. The largest absolute Gasteiger partial charge is 0.508 e. The van der Waals surface area contributed by atoms with E-state index in [0.29, 0.717) is 5.56 Å². The van der Waals surface area contributed by atoms with Crippen LogP contribution < -0.4 is 0 Å². The van der Waals surface area contributed by atoms with Gasteiger partial charge < -0.3 is 10.2 Å². The number of aromatic hydroxyl groups is 1. The highest BCUT2D eigenvalue weighted by Crippen LogP contribution is 2.25. The van der Waals surface area contributed by atoms with Gasteiger partial charge in [0, 0.05) is 0 Å². The first-order valence-corrected chi connectivity index (χ1v) is 5.01. The van der Waals surface area contributed by atoms with Gasteiger partial charge in [0.05, 0.1) is 0 Å². The molecule has 0 aliphatic heterocycles. The average Bonchev–Trinajstić information content (AvgIpc) is 2.28. The number of benzene rings is 2. The maximum Gasteiger partial charge on any atom is 0.341 e. The zero-order chi connectivity index (χ0) is 13.3. The lowest BCUT2D eigenvalue weighted by Gasteiger charge is -2.05. The third kappa shape index (κ3) is 2.15. The van der Waals surface area contributed by atoms with Crippen molar-refractivity contribution >= 4 is 5.97 Å². The van der Waals surface area contributed by atoms with Crippen LogP contribution in [0.25, 0.3) is 11.1 Å². The fourth-order valence-electron chi connectivity index (χ4n) is 1.60. The molecule has 5 heteroatoms. The van der Waals surface area contributed by atoms with Crippen molar-refractivity contribution in [1.29, 1.82) is 0 Å². The Morgan fingerprint density at radius 2 is 1.44 bits per heavy atom. The van der Waals surface area contributed by atoms with E-state index in [1.54, 1.807) is 0 Å². The fraction of sp³-hybridized carbons (Fsp3) is 0. The minimum atomic E-state index is -1.65. The molecule has 2 aromatic rings. The summed E-state index contributed by atoms with van der Waals surface area (Å²) < 4.78 is 26.9. The number of carbonyl (C=O) groups is 1. The monoisotopic (exact) mass is 250 g/mol. The zero-order valence-corrected chi connectivity index (χ0v) is 9.02. The zero-order valence-electron chi connectivity index (χ0n) is 9.02. The van der Waals surface area contributed by atoms with Crippen LogP contribution in [0.3, 0.4) is 0 Å². The van der Waals surface area contributed by atoms with E-state index in [1.165, 1.54) is 24.3 Å². The lowest BCUT2D eigenvalue weighted by atomic mass is 10.0. The van der Waals surface area contributed by atoms with E-state index in [4.69, 9.17) is 10.2 Å². The first-order chi connectivity index (χ1) is 8.49. The van der Waals surface area contributed by atoms with Crippen LogP contribution in [-0.2, 0) is 0 Å². The van der Waals surface area contributed by atoms with Crippen molar-refractivity contribution in [3.05, 3.63) is 53.6 Å². The summed E-state index contributed by atoms with van der Waals surface area (Å²) in [7, 11) is 0. The van der Waals surface area contributed by atoms with Gasteiger partial charge in [-0.15, -0.1) is 0 Å². The molecule has 0 atom stereocenters. The summed E-state index contributed by atoms with van der Waals surface area (Å²) in [5.74, 6) is -3.89. The van der Waals surface area contributed by atoms with Gasteiger partial charge in [-0.2, -0.15) is 0 Å². The number of hydrogen-bond acceptors (Lipinski definition) is 2. The lowest BCUT2D eigenvalue weighted by Crippen LogP contribution is -2.04. The molecule has 0 unspecified atom stereocenters. The Bertz CT molecular complexity index is 583. The van der Waals surface area contributed by atoms with E-state index in [1.807, 2.05) is 0 Å². The van der Waals surface area contributed by atoms with Crippen molar-refractivity contribution in [2.45, 2.75) is 0 Å². The minimum absolute atomic E-state index is 0.0295. The van der Waals surface area contributed by atoms with Crippen LogP contribution in [0.1, 0.15) is 10.4 Å². The number of halogens is 2. The molecule has 3 nitrogen and oxygen atoms in total. The van der Waals surface area contributed by atoms with Gasteiger partial charge in [0.15, 0.2) is 0 Å². The molecule has 2 N–H and O–H groups in total. The quantitative estimate of drug-likeness (QED) is 0.861. The predicted octanol–water partition coefficient (Wildman–Crippen LogP) is 3.04. The number of rotatable bonds is 2. The summed E-state index contributed by atoms with van der Waals surface area (Å²) in [6.45, 7) is 0. The van der Waals surface area contributed by atoms with Gasteiger partial charge in [0.2, 0.25) is 0 Å². The van der Waals surface area contributed by atoms with Crippen molar-refractivity contribution in [3.63, 3.8) is 0 Å². The number of phenolic OH excluding ortho intramolecular Hbond substituents is 1. The molecule has 18 heavy (non-hydrogen) atoms. The van der Waals surface area contributed by atoms with Crippen LogP contribution in [0, 0.1) is 11.6 Å². The van der Waals surface area contributed by atoms with E-state index in [-0.39, 0.29) is 11.3 Å². The summed E-state index contributed by atoms with van der Waals surface area (Å²) in [5.41, 5.74) is -0.296. The normalized spacial score (nSPS) is 10.3. The number of hydrogen-bond donors (Lipinski definition) is 2. The Morgan fingerprint density at radius 3 is 1.89 bits per heavy atom. The van der Waals surface area contributed by atoms with E-state index < -0.39 is 23.2 Å². The summed E-state index contributed by atoms with van der Waals surface area (Å²) >= 11 is 0. The van der Waals surface area contributed by atoms with Crippen LogP contribution in [-0.4, -0.2) is 16.2 Å². The molecular formula is C13H8F2O3. The standard InChI is InChI=1S/C13H8F2O3/c14-10-5-8(6-11(15)12(10)13(17)18)7-1-3-9(16)4-2-7/h1-6,16H,(H,17,18). The van der Waals surface area contributed by atoms with Crippen LogP contribution in [0.2, 0.25) is 0 Å². The highest BCUT2D eigenvalue weighted by molar-refractivity contribution is 5.89. The van der Waals surface area contributed by atoms with Gasteiger partial charge in [-0.05, 0) is 35.4 Å². The van der Waals surface area contributed by atoms with Crippen molar-refractivity contribution in [1.82, 2.24) is 0 Å². The van der Waals surface area contributed by atoms with Crippen molar-refractivity contribution < 1.29 is 23.8 Å². The van der Waals surface area contributed by atoms with Gasteiger partial charge in [0.1, 0.15) is 22.9 Å². The average molecular weight is 250 g/mol. The van der Waals surface area contributed by atoms with E-state index in [0.717, 1.165) is 12.1 Å². The van der Waals surface area contributed by atoms with Gasteiger partial charge >= 0.3 is 5.97 Å². The summed E-state index contributed by atoms with van der Waals surface area (Å²) in [5, 5.41) is 17.7. The topological polar surface area (TPSA) is 57.5 Å². The number of carboxylic acids is 1. The molecule has 0 aliphatic rings. The molecule has 0 aliphatic carbocycles. The van der Waals surface area contributed by atoms with Crippen molar-refractivity contribution in [2.75, 3.05) is 0 Å². The van der Waals surface area contributed by atoms with Gasteiger partial charge in [-0.3, -0.25) is 0 Å². The Balaban J connectivity index is 2.54. The minimum Gasteiger partial charge on any atom is -0.508 e. The van der Waals surface area contributed by atoms with E-state index in [9.17, 15) is 13.6 Å². The molecule has 0 bridgehead atoms. The second kappa shape index (κ2) is 4.44. The molecule has 0 fully saturated rings. The second-order valence-corrected chi connectivity index (χ2v) is 3.67. The SMILES string of the molecule is O=C(O)c1c(F)cc(-c2ccc(O)cc2)cc1F. The molecule has 0 heterocycles. The third-order valence-electron chi connectivity index (χ3n) is 2.46. The third-order valence-corrected chi connectivity index (χ3v) is 2.46. The molecule has 92 valence electrons. The lowest BCUT2D eigenvalue weighted by molar-refractivity contribution is 0.0686. The second-order valence-electron chi connectivity index (χ2n) is 3.67. The van der Waals surface area contributed by atoms with Crippen LogP contribution >= 0.6 is 0 Å². The Labute approximate surface area is 101 Å². The Hall–Kier alpha value is -2.43. The van der Waals surface area contributed by atoms with Crippen LogP contribution in [0.15, 0.2) is 36.4 Å². The molecular weight excluding hydrogens is 242 g/mol. The molecule has 0 saturated carbocycles. The van der Waals surface area contributed by atoms with Gasteiger partial charge in [-0.1, -0.05) is 12.1 Å². The maximum absolute atomic E-state index is 13.5. The van der Waals surface area contributed by atoms with Crippen LogP contribution in [0.5, 0.6) is 5.75 Å². The summed E-state index contributed by atoms with van der Waals surface area (Å²) in [4.78, 5) is 10.6. The Morgan fingerprint density at radius 1 is 0.944 bits per heavy atom. The maximum atomic E-state index is 13.5. The highest BCUT2D eigenvalue weighted by atomic mass is 19.1. The highest BCUT2D eigenvalue weighted by Gasteiger charge is 2.18. The van der Waals surface area contributed by atoms with Gasteiger partial charge in [0.25, 0.3) is 0 Å². The summed E-state index contributed by atoms with van der Waals surface area (Å²) in [6.07, 6.45) is 0. The smallest absolute Gasteiger partial charge is 0.341 e. The molecule has 2 aromatic carbocycles. The van der Waals surface area contributed by atoms with E-state index >= 15 is 0 Å². The molecule has 0 aromatic heterocycles. The molecule has 2 rings (SSSR count). The molecule has 0 radical (unpaired) electrons. The first kappa shape index (κ1) is 12.0. The van der Waals surface area contributed by atoms with Gasteiger partial charge in [-0.25, -0.2) is 13.6 Å². The van der Waals surface area contributed by atoms with Crippen molar-refractivity contribution in [3.8, 4) is 16.9 Å². The predicted molar refractivity (Wildman–Crippen MR) is 60.4 cm³/mol. The van der Waals surface area contributed by atoms with Crippen LogP contribution in [0.4, 0.5) is 8.78 Å².